The van der Waals surface area contributed by atoms with Crippen LogP contribution < -0.4 is 0 Å². The van der Waals surface area contributed by atoms with Crippen LogP contribution >= 0.6 is 0 Å². The fourth-order valence-corrected chi connectivity index (χ4v) is 7.50. The summed E-state index contributed by atoms with van der Waals surface area (Å²) in [6, 6.07) is 56.0. The first kappa shape index (κ1) is 33.7. The first-order valence-corrected chi connectivity index (χ1v) is 18.5. The van der Waals surface area contributed by atoms with E-state index in [1.54, 1.807) is 0 Å². The molecular weight excluding hydrogens is 641 g/mol. The van der Waals surface area contributed by atoms with E-state index in [1.807, 2.05) is 55.5 Å². The molecule has 2 aliphatic rings. The zero-order valence-electron chi connectivity index (χ0n) is 30.1. The molecule has 2 unspecified atom stereocenters. The Labute approximate surface area is 313 Å². The summed E-state index contributed by atoms with van der Waals surface area (Å²) in [5, 5.41) is 0. The van der Waals surface area contributed by atoms with E-state index in [1.165, 1.54) is 44.5 Å². The van der Waals surface area contributed by atoms with E-state index in [9.17, 15) is 0 Å². The molecule has 0 fully saturated rings. The fraction of sp³-hybridized carbons (Fsp3) is 0.0980. The Hall–Kier alpha value is -6.38. The van der Waals surface area contributed by atoms with Crippen molar-refractivity contribution in [2.45, 2.75) is 31.6 Å². The summed E-state index contributed by atoms with van der Waals surface area (Å²) in [5.41, 5.74) is 15.0. The molecule has 53 heavy (non-hydrogen) atoms. The number of rotatable bonds is 8. The van der Waals surface area contributed by atoms with Crippen LogP contribution in [0.2, 0.25) is 0 Å². The largest absolute Gasteiger partial charge is 0.233 e. The highest BCUT2D eigenvalue weighted by Gasteiger charge is 2.25. The van der Waals surface area contributed by atoms with Gasteiger partial charge in [0.05, 0.1) is 5.70 Å². The lowest BCUT2D eigenvalue weighted by molar-refractivity contribution is 0.802. The summed E-state index contributed by atoms with van der Waals surface area (Å²) in [4.78, 5) is 9.96. The lowest BCUT2D eigenvalue weighted by Gasteiger charge is -2.28. The van der Waals surface area contributed by atoms with Gasteiger partial charge in [-0.25, -0.2) is 9.98 Å². The molecule has 0 saturated heterocycles. The number of amidine groups is 1. The third-order valence-electron chi connectivity index (χ3n) is 10.3. The van der Waals surface area contributed by atoms with Crippen LogP contribution in [0.4, 0.5) is 0 Å². The molecule has 8 rings (SSSR count). The van der Waals surface area contributed by atoms with Crippen molar-refractivity contribution in [2.75, 3.05) is 0 Å². The number of allylic oxidation sites excluding steroid dienone is 5. The van der Waals surface area contributed by atoms with Gasteiger partial charge in [-0.2, -0.15) is 0 Å². The van der Waals surface area contributed by atoms with Crippen LogP contribution in [-0.2, 0) is 0 Å². The van der Waals surface area contributed by atoms with Crippen molar-refractivity contribution in [1.82, 2.24) is 0 Å². The highest BCUT2D eigenvalue weighted by molar-refractivity contribution is 6.12. The minimum Gasteiger partial charge on any atom is -0.233 e. The molecule has 0 radical (unpaired) electrons. The molecule has 6 aromatic rings. The normalized spacial score (nSPS) is 16.9. The van der Waals surface area contributed by atoms with Gasteiger partial charge in [-0.3, -0.25) is 0 Å². The molecule has 2 heteroatoms. The van der Waals surface area contributed by atoms with Crippen molar-refractivity contribution in [1.29, 1.82) is 0 Å². The Morgan fingerprint density at radius 3 is 1.94 bits per heavy atom. The third kappa shape index (κ3) is 7.49. The van der Waals surface area contributed by atoms with Gasteiger partial charge in [0.15, 0.2) is 5.84 Å². The van der Waals surface area contributed by atoms with Gasteiger partial charge < -0.3 is 0 Å². The van der Waals surface area contributed by atoms with Crippen LogP contribution in [0.3, 0.4) is 0 Å². The van der Waals surface area contributed by atoms with Gasteiger partial charge >= 0.3 is 0 Å². The Morgan fingerprint density at radius 1 is 0.566 bits per heavy atom. The van der Waals surface area contributed by atoms with Gasteiger partial charge in [-0.05, 0) is 75.4 Å². The molecule has 0 bridgehead atoms. The van der Waals surface area contributed by atoms with E-state index < -0.39 is 0 Å². The van der Waals surface area contributed by atoms with Crippen LogP contribution in [0, 0.1) is 0 Å². The number of fused-ring (bicyclic) bond motifs is 1. The quantitative estimate of drug-likeness (QED) is 0.113. The summed E-state index contributed by atoms with van der Waals surface area (Å²) < 4.78 is 0. The first-order chi connectivity index (χ1) is 26.1. The summed E-state index contributed by atoms with van der Waals surface area (Å²) in [6.07, 6.45) is 13.4. The van der Waals surface area contributed by atoms with Crippen molar-refractivity contribution in [3.63, 3.8) is 0 Å². The zero-order valence-corrected chi connectivity index (χ0v) is 30.1. The van der Waals surface area contributed by atoms with Gasteiger partial charge in [-0.15, -0.1) is 0 Å². The molecule has 2 aliphatic carbocycles. The Balaban J connectivity index is 1.10. The fourth-order valence-electron chi connectivity index (χ4n) is 7.50. The smallest absolute Gasteiger partial charge is 0.160 e. The number of hydrogen-bond donors (Lipinski definition) is 0. The van der Waals surface area contributed by atoms with Gasteiger partial charge in [0.1, 0.15) is 0 Å². The molecule has 6 aromatic carbocycles. The molecule has 0 saturated carbocycles. The van der Waals surface area contributed by atoms with E-state index in [2.05, 4.69) is 146 Å². The highest BCUT2D eigenvalue weighted by atomic mass is 14.9. The Bertz CT molecular complexity index is 2390. The maximum Gasteiger partial charge on any atom is 0.160 e. The van der Waals surface area contributed by atoms with E-state index in [-0.39, 0.29) is 5.92 Å². The van der Waals surface area contributed by atoms with E-state index in [0.29, 0.717) is 17.5 Å². The Kier molecular flexibility index (Phi) is 9.85. The van der Waals surface area contributed by atoms with Crippen molar-refractivity contribution in [3.05, 3.63) is 239 Å². The summed E-state index contributed by atoms with van der Waals surface area (Å²) in [5.74, 6) is 1.30. The Morgan fingerprint density at radius 2 is 1.23 bits per heavy atom. The van der Waals surface area contributed by atoms with Crippen molar-refractivity contribution < 1.29 is 0 Å². The molecule has 0 heterocycles. The minimum absolute atomic E-state index is 0.269. The molecule has 0 aliphatic heterocycles. The number of hydrogen-bond acceptors (Lipinski definition) is 1. The molecule has 0 amide bonds. The monoisotopic (exact) mass is 682 g/mol. The second-order valence-electron chi connectivity index (χ2n) is 13.8. The van der Waals surface area contributed by atoms with Crippen molar-refractivity contribution in [3.8, 4) is 11.1 Å². The van der Waals surface area contributed by atoms with Crippen LogP contribution in [0.15, 0.2) is 205 Å². The molecule has 2 nitrogen and oxygen atoms in total. The maximum atomic E-state index is 4.99. The maximum absolute atomic E-state index is 4.99. The average Bonchev–Trinajstić information content (AvgIpc) is 3.24. The van der Waals surface area contributed by atoms with Crippen LogP contribution in [0.1, 0.15) is 76.1 Å². The van der Waals surface area contributed by atoms with Crippen molar-refractivity contribution >= 4 is 22.8 Å². The molecule has 0 aromatic heterocycles. The van der Waals surface area contributed by atoms with Crippen LogP contribution in [0.5, 0.6) is 0 Å². The van der Waals surface area contributed by atoms with E-state index in [0.717, 1.165) is 35.2 Å². The van der Waals surface area contributed by atoms with Crippen molar-refractivity contribution in [2.24, 2.45) is 9.98 Å². The zero-order chi connectivity index (χ0) is 36.0. The molecule has 2 atom stereocenters. The topological polar surface area (TPSA) is 24.7 Å². The summed E-state index contributed by atoms with van der Waals surface area (Å²) in [7, 11) is 0. The SMILES string of the molecule is C=C(N=C(N=C(C)c1ccccc1)c1ccccc1)c1ccc(C2=CCC(c3cc(-c4ccccc4)cc(C4C=CC=CC4)c3)c3ccccc32)cc1. The summed E-state index contributed by atoms with van der Waals surface area (Å²) in [6.45, 7) is 6.41. The van der Waals surface area contributed by atoms with Gasteiger partial charge in [0.25, 0.3) is 0 Å². The van der Waals surface area contributed by atoms with Gasteiger partial charge in [0, 0.05) is 23.1 Å². The standard InChI is InChI=1S/C51H42N2/c1-36(38-17-7-3-8-18-38)52-51(43-23-13-6-14-24-43)53-37(2)39-27-29-42(30-28-39)47-31-32-48(50-26-16-15-25-49(47)50)46-34-44(40-19-9-4-10-20-40)33-45(35-46)41-21-11-5-12-22-41/h3-21,23-31,33-35,41,48H,2,22,32H2,1H3. The van der Waals surface area contributed by atoms with E-state index >= 15 is 0 Å². The number of aliphatic imine (C=N–C) groups is 2. The first-order valence-electron chi connectivity index (χ1n) is 18.5. The molecule has 0 N–H and O–H groups in total. The second-order valence-corrected chi connectivity index (χ2v) is 13.8. The van der Waals surface area contributed by atoms with Gasteiger partial charge in [-0.1, -0.05) is 195 Å². The lowest BCUT2D eigenvalue weighted by Crippen LogP contribution is -2.10. The molecule has 256 valence electrons. The van der Waals surface area contributed by atoms with Gasteiger partial charge in [0.2, 0.25) is 0 Å². The van der Waals surface area contributed by atoms with Crippen LogP contribution in [0.25, 0.3) is 22.4 Å². The number of benzene rings is 6. The highest BCUT2D eigenvalue weighted by Crippen LogP contribution is 2.43. The predicted molar refractivity (Wildman–Crippen MR) is 225 cm³/mol. The van der Waals surface area contributed by atoms with E-state index in [4.69, 9.17) is 9.98 Å². The number of nitrogens with zero attached hydrogens (tertiary/aromatic N) is 2. The lowest BCUT2D eigenvalue weighted by atomic mass is 9.76. The third-order valence-corrected chi connectivity index (χ3v) is 10.3. The predicted octanol–water partition coefficient (Wildman–Crippen LogP) is 12.8. The molecular formula is C51H42N2. The van der Waals surface area contributed by atoms with Crippen LogP contribution in [-0.4, -0.2) is 11.5 Å². The second kappa shape index (κ2) is 15.5. The average molecular weight is 683 g/mol. The minimum atomic E-state index is 0.269. The summed E-state index contributed by atoms with van der Waals surface area (Å²) >= 11 is 0. The molecule has 0 spiro atoms.